The summed E-state index contributed by atoms with van der Waals surface area (Å²) < 4.78 is 0. The van der Waals surface area contributed by atoms with Gasteiger partial charge in [-0.1, -0.05) is 118 Å². The second kappa shape index (κ2) is 11.1. The molecule has 0 unspecified atom stereocenters. The Morgan fingerprint density at radius 1 is 0.412 bits per heavy atom. The molecular formula is C27H59LiSi6. The quantitative estimate of drug-likeness (QED) is 0.226. The van der Waals surface area contributed by atoms with Crippen molar-refractivity contribution < 1.29 is 18.9 Å². The molecule has 0 aromatic heterocycles. The fourth-order valence-corrected chi connectivity index (χ4v) is 45.7. The minimum atomic E-state index is -1.39. The first-order valence-electron chi connectivity index (χ1n) is 13.3. The van der Waals surface area contributed by atoms with Crippen molar-refractivity contribution >= 4 is 48.4 Å². The van der Waals surface area contributed by atoms with Gasteiger partial charge in [0.15, 0.2) is 0 Å². The molecule has 0 aliphatic carbocycles. The van der Waals surface area contributed by atoms with Gasteiger partial charge >= 0.3 is 18.9 Å². The van der Waals surface area contributed by atoms with Crippen LogP contribution in [0.1, 0.15) is 32.2 Å². The van der Waals surface area contributed by atoms with Crippen molar-refractivity contribution in [1.82, 2.24) is 0 Å². The summed E-state index contributed by atoms with van der Waals surface area (Å²) in [6.07, 6.45) is 0. The molecule has 7 heteroatoms. The molecule has 0 saturated carbocycles. The maximum atomic E-state index is 4.24. The molecule has 0 amide bonds. The summed E-state index contributed by atoms with van der Waals surface area (Å²) in [6.45, 7) is 47.0. The maximum Gasteiger partial charge on any atom is 1.00 e. The molecule has 0 fully saturated rings. The summed E-state index contributed by atoms with van der Waals surface area (Å²) in [5, 5.41) is 2.32. The van der Waals surface area contributed by atoms with Crippen molar-refractivity contribution in [2.45, 2.75) is 133 Å². The summed E-state index contributed by atoms with van der Waals surface area (Å²) in [4.78, 5) is 0. The molecule has 192 valence electrons. The molecule has 0 aliphatic heterocycles. The first-order chi connectivity index (χ1) is 14.2. The van der Waals surface area contributed by atoms with Crippen molar-refractivity contribution in [3.05, 3.63) is 34.9 Å². The zero-order valence-electron chi connectivity index (χ0n) is 26.9. The first-order valence-corrected chi connectivity index (χ1v) is 34.7. The van der Waals surface area contributed by atoms with Crippen LogP contribution in [0.2, 0.25) is 118 Å². The molecular weight excluding hydrogens is 500 g/mol. The molecule has 0 N–H and O–H groups in total. The van der Waals surface area contributed by atoms with E-state index in [2.05, 4.69) is 136 Å². The number of benzene rings is 1. The molecule has 0 heterocycles. The zero-order chi connectivity index (χ0) is 26.6. The Hall–Kier alpha value is 1.12. The smallest absolute Gasteiger partial charge is 0.177 e. The van der Waals surface area contributed by atoms with Gasteiger partial charge in [0.05, 0.1) is 0 Å². The minimum absolute atomic E-state index is 0. The van der Waals surface area contributed by atoms with E-state index in [0.29, 0.717) is 0 Å². The molecule has 0 bridgehead atoms. The standard InChI is InChI=1S/C27H59Si6.Li/c1-28(2,3)25(29(4,5)6)22-19-23(26(30(7,8)9)31(10,11)12)21-24(20-22)27(32(13,14)15)33(16,17)18;/h19-20,25-27H,1-18H3;/q-1;+1. The van der Waals surface area contributed by atoms with Crippen LogP contribution in [0.25, 0.3) is 0 Å². The molecule has 1 rings (SSSR count). The zero-order valence-corrected chi connectivity index (χ0v) is 32.9. The SMILES string of the molecule is C[Si](C)(C)C(c1[c-]c(C([Si](C)(C)C)[Si](C)(C)C)cc(C([Si](C)(C)C)[Si](C)(C)C)c1)[Si](C)(C)C.[Li+]. The molecule has 34 heavy (non-hydrogen) atoms. The van der Waals surface area contributed by atoms with E-state index in [9.17, 15) is 0 Å². The Balaban J connectivity index is 0.0000109. The van der Waals surface area contributed by atoms with E-state index in [0.717, 1.165) is 15.5 Å². The van der Waals surface area contributed by atoms with Crippen LogP contribution in [0.15, 0.2) is 12.1 Å². The van der Waals surface area contributed by atoms with Crippen molar-refractivity contribution in [2.75, 3.05) is 0 Å². The average Bonchev–Trinajstić information content (AvgIpc) is 2.35. The van der Waals surface area contributed by atoms with Crippen LogP contribution in [0.3, 0.4) is 0 Å². The third kappa shape index (κ3) is 9.15. The third-order valence-corrected chi connectivity index (χ3v) is 35.0. The van der Waals surface area contributed by atoms with Gasteiger partial charge in [-0.3, -0.25) is 0 Å². The van der Waals surface area contributed by atoms with Gasteiger partial charge < -0.3 is 0 Å². The van der Waals surface area contributed by atoms with Crippen LogP contribution in [0, 0.1) is 6.07 Å². The normalized spacial score (nSPS) is 14.7. The number of hydrogen-bond acceptors (Lipinski definition) is 0. The Morgan fingerprint density at radius 3 is 0.794 bits per heavy atom. The van der Waals surface area contributed by atoms with Gasteiger partial charge in [-0.05, 0) is 15.5 Å². The largest absolute Gasteiger partial charge is 1.00 e. The summed E-state index contributed by atoms with van der Waals surface area (Å²) in [7, 11) is -8.28. The van der Waals surface area contributed by atoms with Gasteiger partial charge in [0.2, 0.25) is 0 Å². The van der Waals surface area contributed by atoms with Crippen molar-refractivity contribution in [3.63, 3.8) is 0 Å². The predicted molar refractivity (Wildman–Crippen MR) is 174 cm³/mol. The Bertz CT molecular complexity index is 645. The molecule has 1 aromatic rings. The Morgan fingerprint density at radius 2 is 0.618 bits per heavy atom. The van der Waals surface area contributed by atoms with E-state index in [1.807, 2.05) is 0 Å². The van der Waals surface area contributed by atoms with Crippen molar-refractivity contribution in [2.24, 2.45) is 0 Å². The topological polar surface area (TPSA) is 0 Å². The van der Waals surface area contributed by atoms with Crippen LogP contribution in [-0.2, 0) is 0 Å². The minimum Gasteiger partial charge on any atom is -0.177 e. The van der Waals surface area contributed by atoms with Gasteiger partial charge in [0.1, 0.15) is 0 Å². The van der Waals surface area contributed by atoms with E-state index >= 15 is 0 Å². The van der Waals surface area contributed by atoms with E-state index < -0.39 is 48.4 Å². The Kier molecular flexibility index (Phi) is 11.4. The monoisotopic (exact) mass is 558 g/mol. The van der Waals surface area contributed by atoms with E-state index in [4.69, 9.17) is 0 Å². The maximum absolute atomic E-state index is 4.24. The summed E-state index contributed by atoms with van der Waals surface area (Å²) in [5.74, 6) is 0. The first kappa shape index (κ1) is 35.1. The van der Waals surface area contributed by atoms with Crippen LogP contribution >= 0.6 is 0 Å². The summed E-state index contributed by atoms with van der Waals surface area (Å²) in [5.41, 5.74) is 4.94. The van der Waals surface area contributed by atoms with Crippen LogP contribution in [-0.4, -0.2) is 48.4 Å². The van der Waals surface area contributed by atoms with Gasteiger partial charge in [-0.2, -0.15) is 34.9 Å². The Labute approximate surface area is 234 Å². The average molecular weight is 559 g/mol. The van der Waals surface area contributed by atoms with Crippen molar-refractivity contribution in [1.29, 1.82) is 0 Å². The fraction of sp³-hybridized carbons (Fsp3) is 0.778. The predicted octanol–water partition coefficient (Wildman–Crippen LogP) is 7.01. The van der Waals surface area contributed by atoms with Crippen LogP contribution < -0.4 is 18.9 Å². The molecule has 0 nitrogen and oxygen atoms in total. The second-order valence-electron chi connectivity index (χ2n) is 17.3. The molecule has 0 aliphatic rings. The number of rotatable bonds is 9. The summed E-state index contributed by atoms with van der Waals surface area (Å²) >= 11 is 0. The van der Waals surface area contributed by atoms with E-state index in [1.54, 1.807) is 16.7 Å². The molecule has 0 radical (unpaired) electrons. The number of hydrogen-bond donors (Lipinski definition) is 0. The molecule has 0 atom stereocenters. The van der Waals surface area contributed by atoms with Gasteiger partial charge in [-0.15, -0.1) is 0 Å². The fourth-order valence-electron chi connectivity index (χ4n) is 7.88. The molecule has 0 spiro atoms. The molecule has 1 aromatic carbocycles. The van der Waals surface area contributed by atoms with Crippen LogP contribution in [0.4, 0.5) is 0 Å². The van der Waals surface area contributed by atoms with Crippen molar-refractivity contribution in [3.8, 4) is 0 Å². The second-order valence-corrected chi connectivity index (χ2v) is 50.9. The van der Waals surface area contributed by atoms with Gasteiger partial charge in [0.25, 0.3) is 0 Å². The molecule has 0 saturated heterocycles. The van der Waals surface area contributed by atoms with E-state index in [1.165, 1.54) is 0 Å². The van der Waals surface area contributed by atoms with Gasteiger partial charge in [0, 0.05) is 48.4 Å². The summed E-state index contributed by atoms with van der Waals surface area (Å²) in [6, 6.07) is 9.65. The van der Waals surface area contributed by atoms with E-state index in [-0.39, 0.29) is 18.9 Å². The third-order valence-electron chi connectivity index (χ3n) is 7.08. The van der Waals surface area contributed by atoms with Gasteiger partial charge in [-0.25, -0.2) is 0 Å². The van der Waals surface area contributed by atoms with Crippen LogP contribution in [0.5, 0.6) is 0 Å².